The molecular formula is C21H21AsF2N4O2S. The number of anilines is 2. The Balaban J connectivity index is 1.60. The van der Waals surface area contributed by atoms with Crippen molar-refractivity contribution >= 4 is 44.8 Å². The summed E-state index contributed by atoms with van der Waals surface area (Å²) in [5, 5.41) is 12.9. The number of nitrogens with zero attached hydrogens (tertiary/aromatic N) is 2. The van der Waals surface area contributed by atoms with Gasteiger partial charge in [-0.2, -0.15) is 0 Å². The van der Waals surface area contributed by atoms with Gasteiger partial charge in [0, 0.05) is 0 Å². The van der Waals surface area contributed by atoms with Gasteiger partial charge < -0.3 is 0 Å². The summed E-state index contributed by atoms with van der Waals surface area (Å²) in [4.78, 5) is 21.1. The van der Waals surface area contributed by atoms with Gasteiger partial charge in [0.25, 0.3) is 0 Å². The van der Waals surface area contributed by atoms with E-state index in [0.29, 0.717) is 12.1 Å². The van der Waals surface area contributed by atoms with Gasteiger partial charge in [-0.1, -0.05) is 6.07 Å². The van der Waals surface area contributed by atoms with Crippen LogP contribution in [0.25, 0.3) is 10.6 Å². The van der Waals surface area contributed by atoms with E-state index in [1.54, 1.807) is 12.4 Å². The molecule has 4 atom stereocenters. The zero-order chi connectivity index (χ0) is 22.1. The standard InChI is InChI=1S/C21H21AsF2N4O2S/c22-12-8-10(4-5-16(12)29)11-6-7-26-9-15(11)27-20(30)18-19(25)31-21(28-18)17-13(23)2-1-3-14(17)24/h1-3,6-7,9-10,12,16,29H,4-5,8,22,25H2,(H,27,30). The first-order valence-electron chi connectivity index (χ1n) is 9.74. The molecule has 0 spiro atoms. The minimum atomic E-state index is -0.773. The van der Waals surface area contributed by atoms with Crippen LogP contribution in [0.15, 0.2) is 36.7 Å². The second-order valence-corrected chi connectivity index (χ2v) is 10.3. The van der Waals surface area contributed by atoms with E-state index in [-0.39, 0.29) is 38.0 Å². The van der Waals surface area contributed by atoms with Gasteiger partial charge in [-0.25, -0.2) is 8.78 Å². The number of benzene rings is 1. The zero-order valence-corrected chi connectivity index (χ0v) is 19.6. The number of aromatic nitrogens is 2. The fourth-order valence-corrected chi connectivity index (χ4v) is 5.79. The molecule has 0 bridgehead atoms. The summed E-state index contributed by atoms with van der Waals surface area (Å²) in [6.45, 7) is 0. The number of carbonyl (C=O) groups is 1. The number of carbonyl (C=O) groups excluding carboxylic acids is 1. The van der Waals surface area contributed by atoms with E-state index < -0.39 is 17.5 Å². The normalized spacial score (nSPS) is 21.1. The van der Waals surface area contributed by atoms with Crippen molar-refractivity contribution in [2.45, 2.75) is 36.0 Å². The molecule has 4 rings (SSSR count). The van der Waals surface area contributed by atoms with Gasteiger partial charge in [-0.3, -0.25) is 0 Å². The number of aliphatic hydroxyl groups excluding tert-OH is 1. The molecule has 31 heavy (non-hydrogen) atoms. The number of nitrogen functional groups attached to an aromatic ring is 1. The van der Waals surface area contributed by atoms with E-state index in [0.717, 1.165) is 41.9 Å². The molecule has 1 saturated carbocycles. The van der Waals surface area contributed by atoms with Gasteiger partial charge in [-0.15, -0.1) is 0 Å². The van der Waals surface area contributed by atoms with Crippen LogP contribution in [0, 0.1) is 11.6 Å². The summed E-state index contributed by atoms with van der Waals surface area (Å²) < 4.78 is 28.4. The Morgan fingerprint density at radius 3 is 2.71 bits per heavy atom. The van der Waals surface area contributed by atoms with Crippen molar-refractivity contribution in [3.8, 4) is 10.6 Å². The number of aliphatic hydroxyl groups is 1. The van der Waals surface area contributed by atoms with Gasteiger partial charge >= 0.3 is 164 Å². The molecule has 0 radical (unpaired) electrons. The summed E-state index contributed by atoms with van der Waals surface area (Å²) in [6.07, 6.45) is 5.28. The maximum atomic E-state index is 14.1. The third-order valence-corrected chi connectivity index (χ3v) is 7.85. The SMILES string of the molecule is Nc1sc(-c2c(F)cccc2F)nc1C(=O)Nc1cnccc1C1CCC(O)C([AsH2])C1. The molecule has 2 heterocycles. The van der Waals surface area contributed by atoms with Crippen LogP contribution in [0.5, 0.6) is 0 Å². The minimum absolute atomic E-state index is 0.00184. The van der Waals surface area contributed by atoms with E-state index in [4.69, 9.17) is 5.73 Å². The fourth-order valence-electron chi connectivity index (χ4n) is 3.82. The number of halogens is 2. The van der Waals surface area contributed by atoms with Crippen molar-refractivity contribution in [2.24, 2.45) is 0 Å². The van der Waals surface area contributed by atoms with Gasteiger partial charge in [0.15, 0.2) is 0 Å². The van der Waals surface area contributed by atoms with Crippen LogP contribution in [-0.4, -0.2) is 43.9 Å². The predicted octanol–water partition coefficient (Wildman–Crippen LogP) is 3.37. The van der Waals surface area contributed by atoms with Crippen LogP contribution in [0.4, 0.5) is 19.5 Å². The van der Waals surface area contributed by atoms with E-state index in [9.17, 15) is 18.7 Å². The first-order chi connectivity index (χ1) is 14.8. The Hall–Kier alpha value is -2.35. The number of hydrogen-bond donors (Lipinski definition) is 3. The first-order valence-corrected chi connectivity index (χ1v) is 12.0. The monoisotopic (exact) mass is 506 g/mol. The zero-order valence-electron chi connectivity index (χ0n) is 16.4. The Labute approximate surface area is 190 Å². The summed E-state index contributed by atoms with van der Waals surface area (Å²) >= 11 is 2.36. The van der Waals surface area contributed by atoms with Crippen LogP contribution in [0.3, 0.4) is 0 Å². The summed E-state index contributed by atoms with van der Waals surface area (Å²) in [5.74, 6) is -1.93. The molecule has 3 aromatic rings. The number of rotatable bonds is 4. The van der Waals surface area contributed by atoms with E-state index in [1.165, 1.54) is 22.9 Å². The van der Waals surface area contributed by atoms with Crippen LogP contribution in [0.2, 0.25) is 4.71 Å². The maximum absolute atomic E-state index is 14.1. The second kappa shape index (κ2) is 9.02. The molecule has 1 aromatic carbocycles. The number of pyridine rings is 1. The van der Waals surface area contributed by atoms with Gasteiger partial charge in [-0.05, 0) is 12.1 Å². The molecule has 10 heteroatoms. The molecule has 4 N–H and O–H groups in total. The molecule has 1 fully saturated rings. The van der Waals surface area contributed by atoms with Crippen LogP contribution in [0.1, 0.15) is 41.2 Å². The average molecular weight is 506 g/mol. The van der Waals surface area contributed by atoms with Crippen LogP contribution in [-0.2, 0) is 0 Å². The van der Waals surface area contributed by atoms with Crippen LogP contribution >= 0.6 is 11.3 Å². The Bertz CT molecular complexity index is 1110. The number of nitrogens with two attached hydrogens (primary N) is 1. The third kappa shape index (κ3) is 4.49. The Kier molecular flexibility index (Phi) is 6.36. The third-order valence-electron chi connectivity index (χ3n) is 5.45. The van der Waals surface area contributed by atoms with Gasteiger partial charge in [0.05, 0.1) is 0 Å². The van der Waals surface area contributed by atoms with Crippen molar-refractivity contribution in [2.75, 3.05) is 11.1 Å². The van der Waals surface area contributed by atoms with E-state index in [1.807, 2.05) is 6.07 Å². The predicted molar refractivity (Wildman–Crippen MR) is 119 cm³/mol. The average Bonchev–Trinajstić information content (AvgIpc) is 3.11. The number of thiazole rings is 1. The molecule has 1 aliphatic rings. The number of hydrogen-bond acceptors (Lipinski definition) is 6. The van der Waals surface area contributed by atoms with Crippen LogP contribution < -0.4 is 11.1 Å². The summed E-state index contributed by atoms with van der Waals surface area (Å²) in [5.41, 5.74) is 7.04. The van der Waals surface area contributed by atoms with Crippen molar-refractivity contribution in [1.29, 1.82) is 0 Å². The van der Waals surface area contributed by atoms with Gasteiger partial charge in [0.2, 0.25) is 0 Å². The molecular weight excluding hydrogens is 485 g/mol. The Morgan fingerprint density at radius 2 is 2.00 bits per heavy atom. The first kappa shape index (κ1) is 21.9. The molecule has 162 valence electrons. The molecule has 1 aliphatic carbocycles. The molecule has 1 amide bonds. The second-order valence-electron chi connectivity index (χ2n) is 7.49. The van der Waals surface area contributed by atoms with Crippen molar-refractivity contribution in [3.05, 3.63) is 59.6 Å². The Morgan fingerprint density at radius 1 is 1.26 bits per heavy atom. The van der Waals surface area contributed by atoms with Crippen molar-refractivity contribution in [1.82, 2.24) is 9.97 Å². The number of nitrogens with one attached hydrogen (secondary N) is 1. The number of amides is 1. The molecule has 0 saturated heterocycles. The molecule has 4 unspecified atom stereocenters. The van der Waals surface area contributed by atoms with E-state index >= 15 is 0 Å². The fraction of sp³-hybridized carbons (Fsp3) is 0.286. The van der Waals surface area contributed by atoms with Crippen molar-refractivity contribution in [3.63, 3.8) is 0 Å². The van der Waals surface area contributed by atoms with Gasteiger partial charge in [0.1, 0.15) is 0 Å². The summed E-state index contributed by atoms with van der Waals surface area (Å²) in [6, 6.07) is 5.37. The summed E-state index contributed by atoms with van der Waals surface area (Å²) in [7, 11) is 0. The quantitative estimate of drug-likeness (QED) is 0.472. The molecule has 0 aliphatic heterocycles. The van der Waals surface area contributed by atoms with Crippen molar-refractivity contribution < 1.29 is 18.7 Å². The molecule has 6 nitrogen and oxygen atoms in total. The van der Waals surface area contributed by atoms with E-state index in [2.05, 4.69) is 15.3 Å². The molecule has 2 aromatic heterocycles. The topological polar surface area (TPSA) is 101 Å².